The van der Waals surface area contributed by atoms with Crippen molar-refractivity contribution in [2.24, 2.45) is 0 Å². The molecule has 0 unspecified atom stereocenters. The molecule has 0 amide bonds. The lowest BCUT2D eigenvalue weighted by Crippen LogP contribution is -2.23. The number of hydrogen-bond donors (Lipinski definition) is 1. The van der Waals surface area contributed by atoms with Crippen LogP contribution in [0.1, 0.15) is 24.8 Å². The Morgan fingerprint density at radius 2 is 1.92 bits per heavy atom. The molecule has 5 nitrogen and oxygen atoms in total. The molecule has 0 bridgehead atoms. The standard InChI is InChI=1S/C19H20BrN3O2/c1-2-10-23(12-15-6-3-4-9-17(15)24)13-18-21-22-19(25-18)14-7-5-8-16(20)11-14/h3-9,11,24H,2,10,12-13H2,1H3. The van der Waals surface area contributed by atoms with Crippen molar-refractivity contribution in [2.45, 2.75) is 26.4 Å². The van der Waals surface area contributed by atoms with Gasteiger partial charge in [0.1, 0.15) is 5.75 Å². The normalized spacial score (nSPS) is 11.2. The molecule has 0 radical (unpaired) electrons. The van der Waals surface area contributed by atoms with Crippen LogP contribution in [-0.2, 0) is 13.1 Å². The molecule has 0 atom stereocenters. The molecule has 0 fully saturated rings. The van der Waals surface area contributed by atoms with Crippen molar-refractivity contribution in [2.75, 3.05) is 6.54 Å². The molecule has 3 aromatic rings. The van der Waals surface area contributed by atoms with Crippen LogP contribution >= 0.6 is 15.9 Å². The first kappa shape index (κ1) is 17.6. The fourth-order valence-corrected chi connectivity index (χ4v) is 3.06. The van der Waals surface area contributed by atoms with E-state index in [0.29, 0.717) is 30.6 Å². The summed E-state index contributed by atoms with van der Waals surface area (Å²) in [5, 5.41) is 18.3. The molecule has 0 saturated heterocycles. The minimum Gasteiger partial charge on any atom is -0.508 e. The minimum atomic E-state index is 0.309. The van der Waals surface area contributed by atoms with E-state index in [1.165, 1.54) is 0 Å². The number of benzene rings is 2. The summed E-state index contributed by atoms with van der Waals surface area (Å²) >= 11 is 3.45. The van der Waals surface area contributed by atoms with Gasteiger partial charge >= 0.3 is 0 Å². The Hall–Kier alpha value is -2.18. The zero-order valence-electron chi connectivity index (χ0n) is 14.0. The summed E-state index contributed by atoms with van der Waals surface area (Å²) in [5.41, 5.74) is 1.78. The van der Waals surface area contributed by atoms with E-state index in [2.05, 4.69) is 38.0 Å². The zero-order valence-corrected chi connectivity index (χ0v) is 15.6. The number of halogens is 1. The highest BCUT2D eigenvalue weighted by Gasteiger charge is 2.14. The van der Waals surface area contributed by atoms with Gasteiger partial charge in [0.15, 0.2) is 0 Å². The number of nitrogens with zero attached hydrogens (tertiary/aromatic N) is 3. The van der Waals surface area contributed by atoms with E-state index in [9.17, 15) is 5.11 Å². The maximum absolute atomic E-state index is 9.99. The summed E-state index contributed by atoms with van der Waals surface area (Å²) in [6.45, 7) is 4.18. The van der Waals surface area contributed by atoms with E-state index >= 15 is 0 Å². The topological polar surface area (TPSA) is 62.4 Å². The number of rotatable bonds is 7. The Balaban J connectivity index is 1.73. The lowest BCUT2D eigenvalue weighted by Gasteiger charge is -2.20. The Kier molecular flexibility index (Phi) is 5.83. The van der Waals surface area contributed by atoms with E-state index < -0.39 is 0 Å². The molecule has 0 aliphatic rings. The van der Waals surface area contributed by atoms with Crippen molar-refractivity contribution >= 4 is 15.9 Å². The van der Waals surface area contributed by atoms with Crippen molar-refractivity contribution in [3.8, 4) is 17.2 Å². The van der Waals surface area contributed by atoms with Gasteiger partial charge in [-0.3, -0.25) is 4.90 Å². The number of para-hydroxylation sites is 1. The summed E-state index contributed by atoms with van der Waals surface area (Å²) < 4.78 is 6.79. The second-order valence-corrected chi connectivity index (χ2v) is 6.77. The molecule has 1 N–H and O–H groups in total. The van der Waals surface area contributed by atoms with Gasteiger partial charge in [0, 0.05) is 22.1 Å². The van der Waals surface area contributed by atoms with Gasteiger partial charge in [-0.2, -0.15) is 0 Å². The van der Waals surface area contributed by atoms with Gasteiger partial charge in [-0.05, 0) is 37.2 Å². The molecular formula is C19H20BrN3O2. The Morgan fingerprint density at radius 3 is 2.68 bits per heavy atom. The number of aromatic nitrogens is 2. The number of hydrogen-bond acceptors (Lipinski definition) is 5. The quantitative estimate of drug-likeness (QED) is 0.625. The van der Waals surface area contributed by atoms with E-state index in [-0.39, 0.29) is 0 Å². The number of phenols is 1. The molecule has 2 aromatic carbocycles. The molecule has 0 aliphatic heterocycles. The van der Waals surface area contributed by atoms with Crippen LogP contribution in [0.25, 0.3) is 11.5 Å². The van der Waals surface area contributed by atoms with Crippen molar-refractivity contribution in [1.29, 1.82) is 0 Å². The largest absolute Gasteiger partial charge is 0.508 e. The maximum Gasteiger partial charge on any atom is 0.247 e. The zero-order chi connectivity index (χ0) is 17.6. The Labute approximate surface area is 155 Å². The van der Waals surface area contributed by atoms with E-state index in [4.69, 9.17) is 4.42 Å². The van der Waals surface area contributed by atoms with Crippen molar-refractivity contribution < 1.29 is 9.52 Å². The fraction of sp³-hybridized carbons (Fsp3) is 0.263. The summed E-state index contributed by atoms with van der Waals surface area (Å²) in [6.07, 6.45) is 1.00. The second-order valence-electron chi connectivity index (χ2n) is 5.85. The number of aromatic hydroxyl groups is 1. The lowest BCUT2D eigenvalue weighted by molar-refractivity contribution is 0.229. The summed E-state index contributed by atoms with van der Waals surface area (Å²) in [5.74, 6) is 1.39. The first-order valence-electron chi connectivity index (χ1n) is 8.23. The average molecular weight is 402 g/mol. The molecule has 0 aliphatic carbocycles. The van der Waals surface area contributed by atoms with Gasteiger partial charge in [-0.25, -0.2) is 0 Å². The van der Waals surface area contributed by atoms with Gasteiger partial charge in [0.2, 0.25) is 11.8 Å². The molecule has 6 heteroatoms. The molecule has 0 spiro atoms. The van der Waals surface area contributed by atoms with Crippen LogP contribution in [0.4, 0.5) is 0 Å². The maximum atomic E-state index is 9.99. The lowest BCUT2D eigenvalue weighted by atomic mass is 10.2. The summed E-state index contributed by atoms with van der Waals surface area (Å²) in [7, 11) is 0. The predicted molar refractivity (Wildman–Crippen MR) is 99.9 cm³/mol. The van der Waals surface area contributed by atoms with Gasteiger partial charge in [0.25, 0.3) is 0 Å². The van der Waals surface area contributed by atoms with Gasteiger partial charge < -0.3 is 9.52 Å². The smallest absolute Gasteiger partial charge is 0.247 e. The molecule has 130 valence electrons. The highest BCUT2D eigenvalue weighted by atomic mass is 79.9. The van der Waals surface area contributed by atoms with Crippen LogP contribution in [0, 0.1) is 0 Å². The Morgan fingerprint density at radius 1 is 1.08 bits per heavy atom. The molecule has 3 rings (SSSR count). The third kappa shape index (κ3) is 4.67. The molecule has 1 aromatic heterocycles. The van der Waals surface area contributed by atoms with Crippen LogP contribution in [0.2, 0.25) is 0 Å². The van der Waals surface area contributed by atoms with Gasteiger partial charge in [-0.15, -0.1) is 10.2 Å². The molecule has 25 heavy (non-hydrogen) atoms. The first-order valence-corrected chi connectivity index (χ1v) is 9.02. The highest BCUT2D eigenvalue weighted by molar-refractivity contribution is 9.10. The predicted octanol–water partition coefficient (Wildman–Crippen LogP) is 4.62. The van der Waals surface area contributed by atoms with Crippen LogP contribution in [0.5, 0.6) is 5.75 Å². The SMILES string of the molecule is CCCN(Cc1nnc(-c2cccc(Br)c2)o1)Cc1ccccc1O. The molecular weight excluding hydrogens is 382 g/mol. The van der Waals surface area contributed by atoms with Crippen LogP contribution < -0.4 is 0 Å². The average Bonchev–Trinajstić information content (AvgIpc) is 3.06. The van der Waals surface area contributed by atoms with Gasteiger partial charge in [-0.1, -0.05) is 47.1 Å². The monoisotopic (exact) mass is 401 g/mol. The minimum absolute atomic E-state index is 0.309. The second kappa shape index (κ2) is 8.27. The van der Waals surface area contributed by atoms with E-state index in [1.54, 1.807) is 6.07 Å². The van der Waals surface area contributed by atoms with Crippen LogP contribution in [-0.4, -0.2) is 26.7 Å². The molecule has 1 heterocycles. The highest BCUT2D eigenvalue weighted by Crippen LogP contribution is 2.23. The van der Waals surface area contributed by atoms with Crippen molar-refractivity contribution in [3.63, 3.8) is 0 Å². The summed E-state index contributed by atoms with van der Waals surface area (Å²) in [6, 6.07) is 15.2. The number of phenolic OH excluding ortho intramolecular Hbond substituents is 1. The first-order chi connectivity index (χ1) is 12.2. The third-order valence-electron chi connectivity index (χ3n) is 3.82. The molecule has 0 saturated carbocycles. The van der Waals surface area contributed by atoms with E-state index in [0.717, 1.165) is 28.6 Å². The van der Waals surface area contributed by atoms with Crippen LogP contribution in [0.3, 0.4) is 0 Å². The van der Waals surface area contributed by atoms with Crippen molar-refractivity contribution in [3.05, 3.63) is 64.5 Å². The summed E-state index contributed by atoms with van der Waals surface area (Å²) in [4.78, 5) is 2.19. The van der Waals surface area contributed by atoms with Gasteiger partial charge in [0.05, 0.1) is 6.54 Å². The third-order valence-corrected chi connectivity index (χ3v) is 4.32. The van der Waals surface area contributed by atoms with Crippen LogP contribution in [0.15, 0.2) is 57.4 Å². The Bertz CT molecular complexity index is 835. The fourth-order valence-electron chi connectivity index (χ4n) is 2.66. The van der Waals surface area contributed by atoms with Crippen molar-refractivity contribution in [1.82, 2.24) is 15.1 Å². The van der Waals surface area contributed by atoms with E-state index in [1.807, 2.05) is 42.5 Å².